The van der Waals surface area contributed by atoms with Crippen molar-refractivity contribution in [3.05, 3.63) is 28.5 Å². The SMILES string of the molecule is CCOC(=O)c1oc(-c2ccoc2Br)nc1CC(C)C. The molecule has 20 heavy (non-hydrogen) atoms. The van der Waals surface area contributed by atoms with E-state index in [0.717, 1.165) is 0 Å². The fourth-order valence-corrected chi connectivity index (χ4v) is 2.20. The van der Waals surface area contributed by atoms with E-state index in [1.807, 2.05) is 0 Å². The summed E-state index contributed by atoms with van der Waals surface area (Å²) >= 11 is 3.27. The molecule has 0 bridgehead atoms. The van der Waals surface area contributed by atoms with Crippen molar-refractivity contribution in [2.75, 3.05) is 6.61 Å². The van der Waals surface area contributed by atoms with Gasteiger partial charge in [-0.1, -0.05) is 13.8 Å². The second-order valence-corrected chi connectivity index (χ2v) is 5.44. The Labute approximate surface area is 125 Å². The van der Waals surface area contributed by atoms with Crippen LogP contribution in [-0.4, -0.2) is 17.6 Å². The van der Waals surface area contributed by atoms with E-state index in [4.69, 9.17) is 13.6 Å². The number of esters is 1. The highest BCUT2D eigenvalue weighted by Crippen LogP contribution is 2.31. The minimum absolute atomic E-state index is 0.170. The second kappa shape index (κ2) is 6.26. The molecule has 0 spiro atoms. The summed E-state index contributed by atoms with van der Waals surface area (Å²) in [6.45, 7) is 6.16. The first-order chi connectivity index (χ1) is 9.52. The maximum Gasteiger partial charge on any atom is 0.376 e. The Morgan fingerprint density at radius 2 is 2.25 bits per heavy atom. The minimum Gasteiger partial charge on any atom is -0.460 e. The number of carbonyl (C=O) groups excluding carboxylic acids is 1. The number of hydrogen-bond donors (Lipinski definition) is 0. The first kappa shape index (κ1) is 14.8. The van der Waals surface area contributed by atoms with Crippen LogP contribution < -0.4 is 0 Å². The fourth-order valence-electron chi connectivity index (χ4n) is 1.79. The maximum atomic E-state index is 11.9. The van der Waals surface area contributed by atoms with Crippen LogP contribution in [0.3, 0.4) is 0 Å². The van der Waals surface area contributed by atoms with Gasteiger partial charge in [0.05, 0.1) is 24.1 Å². The zero-order valence-electron chi connectivity index (χ0n) is 11.6. The molecule has 0 N–H and O–H groups in total. The van der Waals surface area contributed by atoms with Gasteiger partial charge in [-0.2, -0.15) is 0 Å². The number of halogens is 1. The third-order valence-corrected chi connectivity index (χ3v) is 3.22. The van der Waals surface area contributed by atoms with E-state index in [9.17, 15) is 4.79 Å². The van der Waals surface area contributed by atoms with Crippen LogP contribution in [0.1, 0.15) is 37.0 Å². The van der Waals surface area contributed by atoms with E-state index in [-0.39, 0.29) is 5.76 Å². The van der Waals surface area contributed by atoms with Crippen molar-refractivity contribution in [3.8, 4) is 11.5 Å². The van der Waals surface area contributed by atoms with Gasteiger partial charge >= 0.3 is 5.97 Å². The van der Waals surface area contributed by atoms with Gasteiger partial charge in [0.25, 0.3) is 0 Å². The smallest absolute Gasteiger partial charge is 0.376 e. The maximum absolute atomic E-state index is 11.9. The van der Waals surface area contributed by atoms with Crippen molar-refractivity contribution < 1.29 is 18.4 Å². The molecule has 2 heterocycles. The topological polar surface area (TPSA) is 65.5 Å². The molecule has 2 rings (SSSR count). The van der Waals surface area contributed by atoms with E-state index in [1.165, 1.54) is 6.26 Å². The Balaban J connectivity index is 2.41. The molecule has 0 saturated carbocycles. The lowest BCUT2D eigenvalue weighted by Gasteiger charge is -2.02. The zero-order chi connectivity index (χ0) is 14.7. The molecule has 0 aliphatic rings. The molecule has 0 atom stereocenters. The summed E-state index contributed by atoms with van der Waals surface area (Å²) in [7, 11) is 0. The summed E-state index contributed by atoms with van der Waals surface area (Å²) in [4.78, 5) is 16.3. The highest BCUT2D eigenvalue weighted by Gasteiger charge is 2.24. The molecule has 0 unspecified atom stereocenters. The molecule has 2 aromatic heterocycles. The average Bonchev–Trinajstić information content (AvgIpc) is 2.95. The van der Waals surface area contributed by atoms with Gasteiger partial charge in [-0.25, -0.2) is 9.78 Å². The number of carbonyl (C=O) groups is 1. The molecule has 2 aromatic rings. The third-order valence-electron chi connectivity index (χ3n) is 2.61. The van der Waals surface area contributed by atoms with E-state index >= 15 is 0 Å². The van der Waals surface area contributed by atoms with Crippen LogP contribution in [0.5, 0.6) is 0 Å². The quantitative estimate of drug-likeness (QED) is 0.766. The lowest BCUT2D eigenvalue weighted by atomic mass is 10.1. The largest absolute Gasteiger partial charge is 0.460 e. The van der Waals surface area contributed by atoms with E-state index in [1.54, 1.807) is 13.0 Å². The van der Waals surface area contributed by atoms with Crippen molar-refractivity contribution in [2.24, 2.45) is 5.92 Å². The molecule has 5 nitrogen and oxygen atoms in total. The molecule has 0 saturated heterocycles. The molecule has 0 amide bonds. The van der Waals surface area contributed by atoms with Crippen LogP contribution in [0.2, 0.25) is 0 Å². The molecule has 108 valence electrons. The number of oxazole rings is 1. The second-order valence-electron chi connectivity index (χ2n) is 4.72. The van der Waals surface area contributed by atoms with Crippen molar-refractivity contribution in [1.29, 1.82) is 0 Å². The highest BCUT2D eigenvalue weighted by atomic mass is 79.9. The number of ether oxygens (including phenoxy) is 1. The molecule has 0 fully saturated rings. The van der Waals surface area contributed by atoms with Crippen molar-refractivity contribution in [3.63, 3.8) is 0 Å². The average molecular weight is 342 g/mol. The van der Waals surface area contributed by atoms with Gasteiger partial charge in [-0.05, 0) is 41.3 Å². The number of furan rings is 1. The minimum atomic E-state index is -0.485. The van der Waals surface area contributed by atoms with E-state index in [2.05, 4.69) is 34.8 Å². The molecule has 0 aliphatic heterocycles. The van der Waals surface area contributed by atoms with Crippen LogP contribution in [0.4, 0.5) is 0 Å². The number of nitrogens with zero attached hydrogens (tertiary/aromatic N) is 1. The summed E-state index contributed by atoms with van der Waals surface area (Å²) in [5.74, 6) is 0.392. The van der Waals surface area contributed by atoms with Gasteiger partial charge in [0.15, 0.2) is 4.67 Å². The molecular formula is C14H16BrNO4. The number of hydrogen-bond acceptors (Lipinski definition) is 5. The summed E-state index contributed by atoms with van der Waals surface area (Å²) in [5.41, 5.74) is 1.28. The van der Waals surface area contributed by atoms with Crippen LogP contribution in [0, 0.1) is 5.92 Å². The standard InChI is InChI=1S/C14H16BrNO4/c1-4-18-14(17)11-10(7-8(2)3)16-13(20-11)9-5-6-19-12(9)15/h5-6,8H,4,7H2,1-3H3. The van der Waals surface area contributed by atoms with Gasteiger partial charge in [0.1, 0.15) is 0 Å². The lowest BCUT2D eigenvalue weighted by Crippen LogP contribution is -2.08. The molecule has 0 aromatic carbocycles. The van der Waals surface area contributed by atoms with Crippen LogP contribution in [0.25, 0.3) is 11.5 Å². The highest BCUT2D eigenvalue weighted by molar-refractivity contribution is 9.10. The van der Waals surface area contributed by atoms with Crippen molar-refractivity contribution in [2.45, 2.75) is 27.2 Å². The van der Waals surface area contributed by atoms with Crippen molar-refractivity contribution in [1.82, 2.24) is 4.98 Å². The normalized spacial score (nSPS) is 11.1. The van der Waals surface area contributed by atoms with Gasteiger partial charge in [-0.15, -0.1) is 0 Å². The fraction of sp³-hybridized carbons (Fsp3) is 0.429. The van der Waals surface area contributed by atoms with Gasteiger partial charge in [0.2, 0.25) is 11.7 Å². The van der Waals surface area contributed by atoms with Gasteiger partial charge in [-0.3, -0.25) is 0 Å². The molecule has 0 aliphatic carbocycles. The summed E-state index contributed by atoms with van der Waals surface area (Å²) < 4.78 is 16.3. The third kappa shape index (κ3) is 3.12. The van der Waals surface area contributed by atoms with E-state index in [0.29, 0.717) is 40.8 Å². The molecule has 0 radical (unpaired) electrons. The number of rotatable bonds is 5. The summed E-state index contributed by atoms with van der Waals surface area (Å²) in [6, 6.07) is 1.73. The Morgan fingerprint density at radius 1 is 1.50 bits per heavy atom. The first-order valence-corrected chi connectivity index (χ1v) is 7.22. The number of aromatic nitrogens is 1. The van der Waals surface area contributed by atoms with Crippen LogP contribution >= 0.6 is 15.9 Å². The Hall–Kier alpha value is -1.56. The predicted octanol–water partition coefficient (Wildman–Crippen LogP) is 4.07. The molecular weight excluding hydrogens is 326 g/mol. The predicted molar refractivity (Wildman–Crippen MR) is 76.4 cm³/mol. The monoisotopic (exact) mass is 341 g/mol. The van der Waals surface area contributed by atoms with Gasteiger partial charge < -0.3 is 13.6 Å². The summed E-state index contributed by atoms with van der Waals surface area (Å²) in [6.07, 6.45) is 2.17. The zero-order valence-corrected chi connectivity index (χ0v) is 13.2. The lowest BCUT2D eigenvalue weighted by molar-refractivity contribution is 0.0489. The Bertz CT molecular complexity index is 600. The van der Waals surface area contributed by atoms with Gasteiger partial charge in [0, 0.05) is 0 Å². The molecule has 6 heteroatoms. The summed E-state index contributed by atoms with van der Waals surface area (Å²) in [5, 5.41) is 0. The van der Waals surface area contributed by atoms with E-state index < -0.39 is 5.97 Å². The first-order valence-electron chi connectivity index (χ1n) is 6.43. The van der Waals surface area contributed by atoms with Crippen LogP contribution in [-0.2, 0) is 11.2 Å². The van der Waals surface area contributed by atoms with Crippen LogP contribution in [0.15, 0.2) is 25.8 Å². The Kier molecular flexibility index (Phi) is 4.65. The van der Waals surface area contributed by atoms with Crippen molar-refractivity contribution >= 4 is 21.9 Å². The Morgan fingerprint density at radius 3 is 2.80 bits per heavy atom.